The van der Waals surface area contributed by atoms with Crippen molar-refractivity contribution in [2.24, 2.45) is 0 Å². The van der Waals surface area contributed by atoms with E-state index in [9.17, 15) is 9.59 Å². The molecular weight excluding hydrogens is 274 g/mol. The molecule has 0 radical (unpaired) electrons. The first-order valence-electron chi connectivity index (χ1n) is 7.67. The van der Waals surface area contributed by atoms with Crippen LogP contribution in [0.25, 0.3) is 0 Å². The van der Waals surface area contributed by atoms with Gasteiger partial charge in [-0.05, 0) is 32.2 Å². The van der Waals surface area contributed by atoms with Gasteiger partial charge in [0.1, 0.15) is 0 Å². The third-order valence-electron chi connectivity index (χ3n) is 4.46. The van der Waals surface area contributed by atoms with Crippen molar-refractivity contribution in [3.8, 4) is 0 Å². The maximum atomic E-state index is 12.4. The van der Waals surface area contributed by atoms with Crippen LogP contribution >= 0.6 is 0 Å². The van der Waals surface area contributed by atoms with Crippen molar-refractivity contribution in [2.45, 2.75) is 37.6 Å². The Labute approximate surface area is 124 Å². The Morgan fingerprint density at radius 3 is 2.43 bits per heavy atom. The number of aliphatic hydroxyl groups excluding tert-OH is 1. The van der Waals surface area contributed by atoms with E-state index in [2.05, 4.69) is 10.2 Å². The lowest BCUT2D eigenvalue weighted by Crippen LogP contribution is -2.58. The Balaban J connectivity index is 1.86. The summed E-state index contributed by atoms with van der Waals surface area (Å²) < 4.78 is 0. The van der Waals surface area contributed by atoms with Crippen molar-refractivity contribution < 1.29 is 19.8 Å². The number of aliphatic hydroxyl groups is 1. The number of rotatable bonds is 5. The summed E-state index contributed by atoms with van der Waals surface area (Å²) in [6.45, 7) is 3.70. The van der Waals surface area contributed by atoms with E-state index in [-0.39, 0.29) is 19.1 Å². The summed E-state index contributed by atoms with van der Waals surface area (Å²) in [5, 5.41) is 20.9. The van der Waals surface area contributed by atoms with Crippen LogP contribution in [-0.2, 0) is 4.79 Å². The summed E-state index contributed by atoms with van der Waals surface area (Å²) in [5.74, 6) is -0.861. The molecule has 21 heavy (non-hydrogen) atoms. The summed E-state index contributed by atoms with van der Waals surface area (Å²) in [4.78, 5) is 27.2. The lowest BCUT2D eigenvalue weighted by Gasteiger charge is -2.42. The molecule has 1 heterocycles. The van der Waals surface area contributed by atoms with Crippen molar-refractivity contribution in [2.75, 3.05) is 39.3 Å². The molecule has 0 atom stereocenters. The third kappa shape index (κ3) is 4.31. The first kappa shape index (κ1) is 16.0. The summed E-state index contributed by atoms with van der Waals surface area (Å²) in [5.41, 5.74) is -0.542. The molecule has 0 unspecified atom stereocenters. The SMILES string of the molecule is O=C(O)CC1(NC(=O)N2CCCN(CCO)CC2)CCC1. The van der Waals surface area contributed by atoms with Crippen LogP contribution < -0.4 is 5.32 Å². The Bertz CT molecular complexity index is 384. The van der Waals surface area contributed by atoms with Crippen molar-refractivity contribution >= 4 is 12.0 Å². The van der Waals surface area contributed by atoms with Gasteiger partial charge < -0.3 is 20.4 Å². The van der Waals surface area contributed by atoms with Crippen LogP contribution in [0.1, 0.15) is 32.1 Å². The molecule has 3 N–H and O–H groups in total. The highest BCUT2D eigenvalue weighted by atomic mass is 16.4. The minimum absolute atomic E-state index is 0.00319. The molecule has 2 amide bonds. The summed E-state index contributed by atoms with van der Waals surface area (Å²) in [6, 6.07) is -0.151. The average Bonchev–Trinajstić information content (AvgIpc) is 2.61. The molecule has 1 saturated heterocycles. The van der Waals surface area contributed by atoms with E-state index in [0.717, 1.165) is 38.8 Å². The van der Waals surface area contributed by atoms with Gasteiger partial charge in [-0.2, -0.15) is 0 Å². The van der Waals surface area contributed by atoms with Crippen LogP contribution in [0, 0.1) is 0 Å². The van der Waals surface area contributed by atoms with Crippen molar-refractivity contribution in [1.82, 2.24) is 15.1 Å². The highest BCUT2D eigenvalue weighted by molar-refractivity contribution is 5.77. The second-order valence-electron chi connectivity index (χ2n) is 6.04. The zero-order chi connectivity index (χ0) is 15.3. The maximum absolute atomic E-state index is 12.4. The van der Waals surface area contributed by atoms with Gasteiger partial charge in [0.2, 0.25) is 0 Å². The molecule has 1 saturated carbocycles. The molecule has 0 bridgehead atoms. The Kier molecular flexibility index (Phi) is 5.41. The van der Waals surface area contributed by atoms with Gasteiger partial charge >= 0.3 is 12.0 Å². The van der Waals surface area contributed by atoms with Gasteiger partial charge in [0.05, 0.1) is 18.6 Å². The van der Waals surface area contributed by atoms with Gasteiger partial charge in [-0.1, -0.05) is 0 Å². The molecule has 0 aromatic heterocycles. The smallest absolute Gasteiger partial charge is 0.317 e. The predicted molar refractivity (Wildman–Crippen MR) is 77.1 cm³/mol. The molecule has 0 spiro atoms. The maximum Gasteiger partial charge on any atom is 0.317 e. The zero-order valence-electron chi connectivity index (χ0n) is 12.4. The van der Waals surface area contributed by atoms with Crippen molar-refractivity contribution in [3.05, 3.63) is 0 Å². The van der Waals surface area contributed by atoms with Gasteiger partial charge in [0.25, 0.3) is 0 Å². The largest absolute Gasteiger partial charge is 0.481 e. The number of carboxylic acids is 1. The molecule has 1 aliphatic carbocycles. The Morgan fingerprint density at radius 1 is 1.10 bits per heavy atom. The van der Waals surface area contributed by atoms with Crippen LogP contribution in [0.5, 0.6) is 0 Å². The lowest BCUT2D eigenvalue weighted by atomic mass is 9.74. The number of carbonyl (C=O) groups excluding carboxylic acids is 1. The Hall–Kier alpha value is -1.34. The minimum atomic E-state index is -0.861. The molecule has 0 aromatic rings. The molecule has 120 valence electrons. The molecule has 2 rings (SSSR count). The van der Waals surface area contributed by atoms with E-state index in [0.29, 0.717) is 19.6 Å². The summed E-state index contributed by atoms with van der Waals surface area (Å²) in [7, 11) is 0. The number of carbonyl (C=O) groups is 2. The van der Waals surface area contributed by atoms with E-state index in [1.165, 1.54) is 0 Å². The third-order valence-corrected chi connectivity index (χ3v) is 4.46. The van der Waals surface area contributed by atoms with Crippen molar-refractivity contribution in [1.29, 1.82) is 0 Å². The fraction of sp³-hybridized carbons (Fsp3) is 0.857. The number of amides is 2. The molecule has 2 fully saturated rings. The Morgan fingerprint density at radius 2 is 1.86 bits per heavy atom. The lowest BCUT2D eigenvalue weighted by molar-refractivity contribution is -0.139. The van der Waals surface area contributed by atoms with E-state index in [1.807, 2.05) is 0 Å². The van der Waals surface area contributed by atoms with Gasteiger partial charge in [0.15, 0.2) is 0 Å². The van der Waals surface area contributed by atoms with Gasteiger partial charge in [-0.25, -0.2) is 4.79 Å². The van der Waals surface area contributed by atoms with E-state index in [4.69, 9.17) is 10.2 Å². The first-order valence-corrected chi connectivity index (χ1v) is 7.67. The van der Waals surface area contributed by atoms with E-state index in [1.54, 1.807) is 4.90 Å². The molecule has 7 nitrogen and oxygen atoms in total. The van der Waals surface area contributed by atoms with Crippen molar-refractivity contribution in [3.63, 3.8) is 0 Å². The number of urea groups is 1. The average molecular weight is 299 g/mol. The number of hydrogen-bond donors (Lipinski definition) is 3. The number of aliphatic carboxylic acids is 1. The highest BCUT2D eigenvalue weighted by Gasteiger charge is 2.41. The standard InChI is InChI=1S/C14H25N3O4/c18-10-9-16-5-2-6-17(8-7-16)13(21)15-14(3-1-4-14)11-12(19)20/h18H,1-11H2,(H,15,21)(H,19,20). The van der Waals surface area contributed by atoms with Gasteiger partial charge in [-0.3, -0.25) is 9.69 Å². The van der Waals surface area contributed by atoms with E-state index >= 15 is 0 Å². The zero-order valence-corrected chi connectivity index (χ0v) is 12.4. The van der Waals surface area contributed by atoms with Crippen LogP contribution in [0.3, 0.4) is 0 Å². The molecule has 0 aromatic carbocycles. The van der Waals surface area contributed by atoms with Crippen LogP contribution in [0.2, 0.25) is 0 Å². The second-order valence-corrected chi connectivity index (χ2v) is 6.04. The number of β-amino-alcohol motifs (C(OH)–C–C–N with tert-alkyl or cyclic N) is 1. The quantitative estimate of drug-likeness (QED) is 0.669. The molecule has 7 heteroatoms. The van der Waals surface area contributed by atoms with Crippen LogP contribution in [0.4, 0.5) is 4.79 Å². The molecular formula is C14H25N3O4. The minimum Gasteiger partial charge on any atom is -0.481 e. The van der Waals surface area contributed by atoms with Gasteiger partial charge in [0, 0.05) is 26.2 Å². The first-order chi connectivity index (χ1) is 10.0. The highest BCUT2D eigenvalue weighted by Crippen LogP contribution is 2.35. The van der Waals surface area contributed by atoms with Crippen LogP contribution in [-0.4, -0.2) is 76.9 Å². The predicted octanol–water partition coefficient (Wildman–Crippen LogP) is 0.0934. The number of nitrogens with one attached hydrogen (secondary N) is 1. The summed E-state index contributed by atoms with van der Waals surface area (Å²) >= 11 is 0. The summed E-state index contributed by atoms with van der Waals surface area (Å²) in [6.07, 6.45) is 3.34. The van der Waals surface area contributed by atoms with E-state index < -0.39 is 11.5 Å². The second kappa shape index (κ2) is 7.09. The van der Waals surface area contributed by atoms with Gasteiger partial charge in [-0.15, -0.1) is 0 Å². The van der Waals surface area contributed by atoms with Crippen LogP contribution in [0.15, 0.2) is 0 Å². The fourth-order valence-corrected chi connectivity index (χ4v) is 3.08. The molecule has 1 aliphatic heterocycles. The number of hydrogen-bond acceptors (Lipinski definition) is 4. The monoisotopic (exact) mass is 299 g/mol. The normalized spacial score (nSPS) is 22.2. The molecule has 2 aliphatic rings. The topological polar surface area (TPSA) is 93.1 Å². The number of nitrogens with zero attached hydrogens (tertiary/aromatic N) is 2. The number of carboxylic acid groups (broad SMARTS) is 1. The fourth-order valence-electron chi connectivity index (χ4n) is 3.08.